The second-order valence-electron chi connectivity index (χ2n) is 5.77. The van der Waals surface area contributed by atoms with Crippen LogP contribution in [0.5, 0.6) is 0 Å². The highest BCUT2D eigenvalue weighted by molar-refractivity contribution is 5.51. The Morgan fingerprint density at radius 3 is 2.32 bits per heavy atom. The molecule has 0 amide bonds. The fourth-order valence-electron chi connectivity index (χ4n) is 2.21. The molecule has 0 heterocycles. The van der Waals surface area contributed by atoms with Crippen LogP contribution in [0.1, 0.15) is 32.3 Å². The van der Waals surface area contributed by atoms with Gasteiger partial charge in [-0.2, -0.15) is 0 Å². The lowest BCUT2D eigenvalue weighted by molar-refractivity contribution is 0.542. The summed E-state index contributed by atoms with van der Waals surface area (Å²) in [6.07, 6.45) is 2.04. The second-order valence-corrected chi connectivity index (χ2v) is 5.77. The van der Waals surface area contributed by atoms with Crippen molar-refractivity contribution in [3.63, 3.8) is 0 Å². The Morgan fingerprint density at radius 1 is 1.26 bits per heavy atom. The van der Waals surface area contributed by atoms with Crippen LogP contribution < -0.4 is 10.2 Å². The first-order valence-corrected chi connectivity index (χ1v) is 6.90. The lowest BCUT2D eigenvalue weighted by atomic mass is 10.1. The Balaban J connectivity index is 2.07. The average Bonchev–Trinajstić information content (AvgIpc) is 3.10. The molecule has 0 unspecified atom stereocenters. The molecule has 1 saturated carbocycles. The normalized spacial score (nSPS) is 15.1. The van der Waals surface area contributed by atoms with Gasteiger partial charge in [0.2, 0.25) is 0 Å². The molecule has 106 valence electrons. The van der Waals surface area contributed by atoms with Gasteiger partial charge in [0, 0.05) is 19.6 Å². The molecule has 19 heavy (non-hydrogen) atoms. The molecule has 0 bridgehead atoms. The molecule has 0 atom stereocenters. The summed E-state index contributed by atoms with van der Waals surface area (Å²) in [6.45, 7) is 5.54. The lowest BCUT2D eigenvalue weighted by Crippen LogP contribution is -2.23. The molecule has 0 radical (unpaired) electrons. The van der Waals surface area contributed by atoms with Crippen molar-refractivity contribution >= 4 is 5.69 Å². The van der Waals surface area contributed by atoms with Crippen molar-refractivity contribution in [3.05, 3.63) is 29.3 Å². The van der Waals surface area contributed by atoms with Crippen LogP contribution in [-0.4, -0.2) is 19.6 Å². The number of nitrogens with one attached hydrogen (secondary N) is 1. The number of benzene rings is 1. The maximum atomic E-state index is 14.0. The highest BCUT2D eigenvalue weighted by Crippen LogP contribution is 2.33. The lowest BCUT2D eigenvalue weighted by Gasteiger charge is -2.20. The zero-order valence-corrected chi connectivity index (χ0v) is 11.8. The van der Waals surface area contributed by atoms with Crippen LogP contribution >= 0.6 is 0 Å². The summed E-state index contributed by atoms with van der Waals surface area (Å²) >= 11 is 0. The Hall–Kier alpha value is -1.16. The molecule has 2 rings (SSSR count). The fraction of sp³-hybridized carbons (Fsp3) is 0.600. The minimum Gasteiger partial charge on any atom is -0.367 e. The number of nitrogens with zero attached hydrogens (tertiary/aromatic N) is 1. The van der Waals surface area contributed by atoms with E-state index in [0.717, 1.165) is 19.4 Å². The van der Waals surface area contributed by atoms with Gasteiger partial charge in [0.1, 0.15) is 17.3 Å². The SMILES string of the molecule is CC(C)CNCc1cc(F)c(N(C)C2CC2)c(F)c1. The van der Waals surface area contributed by atoms with Crippen molar-refractivity contribution in [2.24, 2.45) is 5.92 Å². The Bertz CT molecular complexity index is 419. The molecule has 0 aromatic heterocycles. The molecule has 4 heteroatoms. The summed E-state index contributed by atoms with van der Waals surface area (Å²) in [5.41, 5.74) is 0.763. The average molecular weight is 268 g/mol. The molecule has 1 aliphatic rings. The zero-order chi connectivity index (χ0) is 14.0. The van der Waals surface area contributed by atoms with Crippen molar-refractivity contribution in [1.29, 1.82) is 0 Å². The Kier molecular flexibility index (Phi) is 4.40. The van der Waals surface area contributed by atoms with E-state index in [4.69, 9.17) is 0 Å². The molecule has 0 spiro atoms. The van der Waals surface area contributed by atoms with Gasteiger partial charge in [-0.05, 0) is 43.0 Å². The van der Waals surface area contributed by atoms with E-state index in [9.17, 15) is 8.78 Å². The van der Waals surface area contributed by atoms with Crippen molar-refractivity contribution in [1.82, 2.24) is 5.32 Å². The molecule has 1 fully saturated rings. The van der Waals surface area contributed by atoms with Crippen LogP contribution in [0.3, 0.4) is 0 Å². The third kappa shape index (κ3) is 3.66. The standard InChI is InChI=1S/C15H22F2N2/c1-10(2)8-18-9-11-6-13(16)15(14(17)7-11)19(3)12-4-5-12/h6-7,10,12,18H,4-5,8-9H2,1-3H3. The first-order valence-electron chi connectivity index (χ1n) is 6.90. The van der Waals surface area contributed by atoms with Crippen LogP contribution in [0.4, 0.5) is 14.5 Å². The number of hydrogen-bond donors (Lipinski definition) is 1. The minimum atomic E-state index is -0.462. The highest BCUT2D eigenvalue weighted by Gasteiger charge is 2.29. The van der Waals surface area contributed by atoms with Crippen molar-refractivity contribution in [2.45, 2.75) is 39.3 Å². The molecule has 1 aliphatic carbocycles. The number of anilines is 1. The fourth-order valence-corrected chi connectivity index (χ4v) is 2.21. The van der Waals surface area contributed by atoms with Gasteiger partial charge in [0.15, 0.2) is 0 Å². The van der Waals surface area contributed by atoms with E-state index in [1.54, 1.807) is 11.9 Å². The van der Waals surface area contributed by atoms with Gasteiger partial charge >= 0.3 is 0 Å². The van der Waals surface area contributed by atoms with E-state index in [2.05, 4.69) is 19.2 Å². The van der Waals surface area contributed by atoms with Crippen molar-refractivity contribution < 1.29 is 8.78 Å². The Morgan fingerprint density at radius 2 is 1.84 bits per heavy atom. The van der Waals surface area contributed by atoms with Gasteiger partial charge in [0.25, 0.3) is 0 Å². The van der Waals surface area contributed by atoms with Crippen LogP contribution in [0, 0.1) is 17.6 Å². The molecule has 0 aliphatic heterocycles. The van der Waals surface area contributed by atoms with Crippen molar-refractivity contribution in [2.75, 3.05) is 18.5 Å². The topological polar surface area (TPSA) is 15.3 Å². The summed E-state index contributed by atoms with van der Waals surface area (Å²) in [7, 11) is 1.76. The largest absolute Gasteiger partial charge is 0.367 e. The first kappa shape index (κ1) is 14.3. The quantitative estimate of drug-likeness (QED) is 0.851. The van der Waals surface area contributed by atoms with Crippen LogP contribution in [-0.2, 0) is 6.54 Å². The summed E-state index contributed by atoms with van der Waals surface area (Å²) in [6, 6.07) is 3.17. The van der Waals surface area contributed by atoms with E-state index in [1.165, 1.54) is 12.1 Å². The maximum absolute atomic E-state index is 14.0. The van der Waals surface area contributed by atoms with Crippen LogP contribution in [0.15, 0.2) is 12.1 Å². The number of rotatable bonds is 6. The van der Waals surface area contributed by atoms with E-state index in [0.29, 0.717) is 24.1 Å². The predicted molar refractivity (Wildman–Crippen MR) is 74.3 cm³/mol. The molecule has 0 saturated heterocycles. The molecule has 1 aromatic carbocycles. The summed E-state index contributed by atoms with van der Waals surface area (Å²) in [4.78, 5) is 1.72. The third-order valence-electron chi connectivity index (χ3n) is 3.41. The summed E-state index contributed by atoms with van der Waals surface area (Å²) < 4.78 is 28.1. The van der Waals surface area contributed by atoms with Crippen molar-refractivity contribution in [3.8, 4) is 0 Å². The van der Waals surface area contributed by atoms with E-state index in [1.807, 2.05) is 0 Å². The second kappa shape index (κ2) is 5.87. The van der Waals surface area contributed by atoms with Gasteiger partial charge < -0.3 is 10.2 Å². The highest BCUT2D eigenvalue weighted by atomic mass is 19.1. The molecular weight excluding hydrogens is 246 g/mol. The van der Waals surface area contributed by atoms with E-state index in [-0.39, 0.29) is 5.69 Å². The van der Waals surface area contributed by atoms with E-state index >= 15 is 0 Å². The molecular formula is C15H22F2N2. The summed E-state index contributed by atoms with van der Waals surface area (Å²) in [5.74, 6) is -0.401. The van der Waals surface area contributed by atoms with Gasteiger partial charge in [-0.1, -0.05) is 13.8 Å². The first-order chi connectivity index (χ1) is 8.99. The maximum Gasteiger partial charge on any atom is 0.149 e. The third-order valence-corrected chi connectivity index (χ3v) is 3.41. The zero-order valence-electron chi connectivity index (χ0n) is 11.8. The van der Waals surface area contributed by atoms with Gasteiger partial charge in [-0.15, -0.1) is 0 Å². The number of halogens is 2. The molecule has 1 aromatic rings. The predicted octanol–water partition coefficient (Wildman–Crippen LogP) is 3.31. The van der Waals surface area contributed by atoms with Gasteiger partial charge in [0.05, 0.1) is 0 Å². The van der Waals surface area contributed by atoms with E-state index < -0.39 is 11.6 Å². The van der Waals surface area contributed by atoms with Crippen LogP contribution in [0.25, 0.3) is 0 Å². The smallest absolute Gasteiger partial charge is 0.149 e. The summed E-state index contributed by atoms with van der Waals surface area (Å²) in [5, 5.41) is 3.19. The van der Waals surface area contributed by atoms with Gasteiger partial charge in [-0.25, -0.2) is 8.78 Å². The molecule has 2 nitrogen and oxygen atoms in total. The van der Waals surface area contributed by atoms with Crippen LogP contribution in [0.2, 0.25) is 0 Å². The molecule has 1 N–H and O–H groups in total. The minimum absolute atomic E-state index is 0.107. The van der Waals surface area contributed by atoms with Gasteiger partial charge in [-0.3, -0.25) is 0 Å². The number of hydrogen-bond acceptors (Lipinski definition) is 2. The Labute approximate surface area is 113 Å². The monoisotopic (exact) mass is 268 g/mol.